The second-order valence-electron chi connectivity index (χ2n) is 4.48. The van der Waals surface area contributed by atoms with Crippen LogP contribution in [0.3, 0.4) is 0 Å². The zero-order chi connectivity index (χ0) is 16.7. The van der Waals surface area contributed by atoms with E-state index in [1.54, 1.807) is 36.4 Å². The van der Waals surface area contributed by atoms with Crippen molar-refractivity contribution in [2.24, 2.45) is 5.10 Å². The van der Waals surface area contributed by atoms with Gasteiger partial charge in [0.1, 0.15) is 0 Å². The summed E-state index contributed by atoms with van der Waals surface area (Å²) in [7, 11) is -2.17. The molecule has 23 heavy (non-hydrogen) atoms. The Bertz CT molecular complexity index is 774. The highest BCUT2D eigenvalue weighted by molar-refractivity contribution is 7.89. The molecule has 0 heterocycles. The Morgan fingerprint density at radius 2 is 1.87 bits per heavy atom. The van der Waals surface area contributed by atoms with Gasteiger partial charge >= 0.3 is 0 Å². The Kier molecular flexibility index (Phi) is 5.59. The summed E-state index contributed by atoms with van der Waals surface area (Å²) >= 11 is 0. The number of benzene rings is 2. The van der Waals surface area contributed by atoms with Crippen molar-refractivity contribution in [1.82, 2.24) is 4.83 Å². The zero-order valence-corrected chi connectivity index (χ0v) is 13.7. The first-order chi connectivity index (χ1) is 11.1. The molecule has 0 radical (unpaired) electrons. The lowest BCUT2D eigenvalue weighted by atomic mass is 10.2. The van der Waals surface area contributed by atoms with E-state index in [1.807, 2.05) is 6.92 Å². The number of rotatable bonds is 7. The fourth-order valence-electron chi connectivity index (χ4n) is 1.94. The lowest BCUT2D eigenvalue weighted by Crippen LogP contribution is -2.18. The first kappa shape index (κ1) is 16.8. The molecule has 0 saturated carbocycles. The van der Waals surface area contributed by atoms with Crippen molar-refractivity contribution in [1.29, 1.82) is 0 Å². The van der Waals surface area contributed by atoms with Crippen molar-refractivity contribution in [2.75, 3.05) is 13.7 Å². The molecule has 0 aliphatic carbocycles. The SMILES string of the molecule is CCOc1cccc(/C=N/NS(=O)(=O)c2ccccc2)c1OC. The third-order valence-electron chi connectivity index (χ3n) is 2.94. The van der Waals surface area contributed by atoms with Crippen LogP contribution in [-0.2, 0) is 10.0 Å². The highest BCUT2D eigenvalue weighted by Gasteiger charge is 2.12. The molecule has 0 amide bonds. The molecule has 0 atom stereocenters. The standard InChI is InChI=1S/C16H18N2O4S/c1-3-22-15-11-7-8-13(16(15)21-2)12-17-18-23(19,20)14-9-5-4-6-10-14/h4-12,18H,3H2,1-2H3/b17-12+. The number of nitrogens with one attached hydrogen (secondary N) is 1. The van der Waals surface area contributed by atoms with Crippen LogP contribution in [0.15, 0.2) is 58.5 Å². The second-order valence-corrected chi connectivity index (χ2v) is 6.14. The molecule has 0 bridgehead atoms. The Balaban J connectivity index is 2.19. The molecular formula is C16H18N2O4S. The van der Waals surface area contributed by atoms with E-state index in [0.29, 0.717) is 23.7 Å². The van der Waals surface area contributed by atoms with Crippen LogP contribution in [-0.4, -0.2) is 28.3 Å². The fourth-order valence-corrected chi connectivity index (χ4v) is 2.75. The second kappa shape index (κ2) is 7.64. The van der Waals surface area contributed by atoms with Crippen LogP contribution in [0.2, 0.25) is 0 Å². The van der Waals surface area contributed by atoms with Gasteiger partial charge in [-0.05, 0) is 31.2 Å². The molecule has 6 nitrogen and oxygen atoms in total. The fraction of sp³-hybridized carbons (Fsp3) is 0.188. The van der Waals surface area contributed by atoms with E-state index in [0.717, 1.165) is 0 Å². The van der Waals surface area contributed by atoms with E-state index in [9.17, 15) is 8.42 Å². The third kappa shape index (κ3) is 4.23. The van der Waals surface area contributed by atoms with Crippen LogP contribution in [0.1, 0.15) is 12.5 Å². The van der Waals surface area contributed by atoms with Crippen LogP contribution in [0.4, 0.5) is 0 Å². The summed E-state index contributed by atoms with van der Waals surface area (Å²) < 4.78 is 34.9. The van der Waals surface area contributed by atoms with Crippen molar-refractivity contribution >= 4 is 16.2 Å². The number of hydrogen-bond donors (Lipinski definition) is 1. The van der Waals surface area contributed by atoms with Crippen molar-refractivity contribution in [3.8, 4) is 11.5 Å². The first-order valence-corrected chi connectivity index (χ1v) is 8.46. The predicted octanol–water partition coefficient (Wildman–Crippen LogP) is 2.41. The molecule has 2 aromatic rings. The minimum atomic E-state index is -3.69. The van der Waals surface area contributed by atoms with Gasteiger partial charge in [0.25, 0.3) is 10.0 Å². The highest BCUT2D eigenvalue weighted by Crippen LogP contribution is 2.29. The molecular weight excluding hydrogens is 316 g/mol. The average Bonchev–Trinajstić information content (AvgIpc) is 2.56. The molecule has 7 heteroatoms. The minimum absolute atomic E-state index is 0.146. The molecule has 0 fully saturated rings. The van der Waals surface area contributed by atoms with Crippen molar-refractivity contribution in [3.63, 3.8) is 0 Å². The number of sulfonamides is 1. The van der Waals surface area contributed by atoms with Gasteiger partial charge in [-0.2, -0.15) is 13.5 Å². The topological polar surface area (TPSA) is 77.0 Å². The maximum atomic E-state index is 12.1. The molecule has 2 aromatic carbocycles. The maximum Gasteiger partial charge on any atom is 0.276 e. The quantitative estimate of drug-likeness (QED) is 0.623. The molecule has 0 aliphatic heterocycles. The Hall–Kier alpha value is -2.54. The molecule has 0 unspecified atom stereocenters. The van der Waals surface area contributed by atoms with Gasteiger partial charge in [0.05, 0.1) is 24.8 Å². The van der Waals surface area contributed by atoms with Crippen LogP contribution < -0.4 is 14.3 Å². The summed E-state index contributed by atoms with van der Waals surface area (Å²) in [5.74, 6) is 1.07. The summed E-state index contributed by atoms with van der Waals surface area (Å²) in [4.78, 5) is 2.32. The molecule has 0 saturated heterocycles. The molecule has 0 aromatic heterocycles. The van der Waals surface area contributed by atoms with Crippen molar-refractivity contribution in [2.45, 2.75) is 11.8 Å². The van der Waals surface area contributed by atoms with Crippen molar-refractivity contribution < 1.29 is 17.9 Å². The summed E-state index contributed by atoms with van der Waals surface area (Å²) in [6.45, 7) is 2.37. The number of hydrazone groups is 1. The lowest BCUT2D eigenvalue weighted by molar-refractivity contribution is 0.310. The molecule has 1 N–H and O–H groups in total. The number of nitrogens with zero attached hydrogens (tertiary/aromatic N) is 1. The van der Waals surface area contributed by atoms with E-state index < -0.39 is 10.0 Å². The van der Waals surface area contributed by atoms with Gasteiger partial charge in [0, 0.05) is 5.56 Å². The predicted molar refractivity (Wildman–Crippen MR) is 88.5 cm³/mol. The molecule has 122 valence electrons. The van der Waals surface area contributed by atoms with Gasteiger partial charge in [0.15, 0.2) is 11.5 Å². The van der Waals surface area contributed by atoms with Gasteiger partial charge in [-0.3, -0.25) is 0 Å². The summed E-state index contributed by atoms with van der Waals surface area (Å²) in [6.07, 6.45) is 1.38. The Labute approximate surface area is 135 Å². The van der Waals surface area contributed by atoms with Crippen LogP contribution in [0.5, 0.6) is 11.5 Å². The number of hydrogen-bond acceptors (Lipinski definition) is 5. The normalized spacial score (nSPS) is 11.4. The van der Waals surface area contributed by atoms with Gasteiger partial charge in [-0.25, -0.2) is 4.83 Å². The summed E-state index contributed by atoms with van der Waals surface area (Å²) in [5.41, 5.74) is 0.606. The van der Waals surface area contributed by atoms with Gasteiger partial charge in [-0.15, -0.1) is 0 Å². The molecule has 2 rings (SSSR count). The highest BCUT2D eigenvalue weighted by atomic mass is 32.2. The third-order valence-corrected chi connectivity index (χ3v) is 4.18. The molecule has 0 aliphatic rings. The van der Waals surface area contributed by atoms with Crippen molar-refractivity contribution in [3.05, 3.63) is 54.1 Å². The van der Waals surface area contributed by atoms with Crippen LogP contribution in [0, 0.1) is 0 Å². The Morgan fingerprint density at radius 1 is 1.13 bits per heavy atom. The average molecular weight is 334 g/mol. The largest absolute Gasteiger partial charge is 0.492 e. The van der Waals surface area contributed by atoms with E-state index in [4.69, 9.17) is 9.47 Å². The van der Waals surface area contributed by atoms with Gasteiger partial charge < -0.3 is 9.47 Å². The van der Waals surface area contributed by atoms with Gasteiger partial charge in [-0.1, -0.05) is 24.3 Å². The van der Waals surface area contributed by atoms with E-state index in [2.05, 4.69) is 9.93 Å². The summed E-state index contributed by atoms with van der Waals surface area (Å²) in [6, 6.07) is 13.3. The molecule has 0 spiro atoms. The zero-order valence-electron chi connectivity index (χ0n) is 12.9. The number of para-hydroxylation sites is 1. The maximum absolute atomic E-state index is 12.1. The van der Waals surface area contributed by atoms with E-state index in [-0.39, 0.29) is 4.90 Å². The monoisotopic (exact) mass is 334 g/mol. The Morgan fingerprint density at radius 3 is 2.52 bits per heavy atom. The van der Waals surface area contributed by atoms with Crippen LogP contribution in [0.25, 0.3) is 0 Å². The lowest BCUT2D eigenvalue weighted by Gasteiger charge is -2.11. The van der Waals surface area contributed by atoms with Gasteiger partial charge in [0.2, 0.25) is 0 Å². The summed E-state index contributed by atoms with van der Waals surface area (Å²) in [5, 5.41) is 3.80. The van der Waals surface area contributed by atoms with E-state index >= 15 is 0 Å². The number of methoxy groups -OCH3 is 1. The first-order valence-electron chi connectivity index (χ1n) is 6.98. The van der Waals surface area contributed by atoms with E-state index in [1.165, 1.54) is 25.5 Å². The smallest absolute Gasteiger partial charge is 0.276 e. The number of ether oxygens (including phenoxy) is 2. The minimum Gasteiger partial charge on any atom is -0.492 e. The van der Waals surface area contributed by atoms with Crippen LogP contribution >= 0.6 is 0 Å².